The quantitative estimate of drug-likeness (QED) is 0.892. The average Bonchev–Trinajstić information content (AvgIpc) is 3.00. The maximum Gasteiger partial charge on any atom is 0.489 e. The SMILES string of the molecule is C[C@H](NC(=O)Nc1csc(-c2cn(C(F)(F)F)cn2)n1)C1CC1. The van der Waals surface area contributed by atoms with Crippen LogP contribution < -0.4 is 10.6 Å². The number of carbonyl (C=O) groups is 1. The molecular formula is C13H14F3N5OS. The molecule has 1 aliphatic carbocycles. The summed E-state index contributed by atoms with van der Waals surface area (Å²) >= 11 is 1.11. The molecule has 10 heteroatoms. The molecule has 2 aromatic heterocycles. The number of imidazole rings is 1. The minimum atomic E-state index is -4.51. The van der Waals surface area contributed by atoms with E-state index in [0.717, 1.165) is 30.4 Å². The van der Waals surface area contributed by atoms with Crippen LogP contribution in [-0.2, 0) is 6.30 Å². The molecule has 1 saturated carbocycles. The van der Waals surface area contributed by atoms with Crippen molar-refractivity contribution in [3.05, 3.63) is 17.9 Å². The Morgan fingerprint density at radius 1 is 1.48 bits per heavy atom. The van der Waals surface area contributed by atoms with Crippen LogP contribution in [0, 0.1) is 5.92 Å². The number of anilines is 1. The molecule has 2 aromatic rings. The molecule has 23 heavy (non-hydrogen) atoms. The van der Waals surface area contributed by atoms with Gasteiger partial charge in [0.25, 0.3) is 0 Å². The molecule has 1 fully saturated rings. The normalized spacial score (nSPS) is 16.2. The Morgan fingerprint density at radius 2 is 2.22 bits per heavy atom. The minimum Gasteiger partial charge on any atom is -0.335 e. The molecule has 0 unspecified atom stereocenters. The van der Waals surface area contributed by atoms with Gasteiger partial charge in [-0.05, 0) is 25.7 Å². The highest BCUT2D eigenvalue weighted by Crippen LogP contribution is 2.32. The van der Waals surface area contributed by atoms with Gasteiger partial charge >= 0.3 is 12.3 Å². The number of alkyl halides is 3. The van der Waals surface area contributed by atoms with E-state index in [-0.39, 0.29) is 28.2 Å². The second kappa shape index (κ2) is 5.84. The Bertz CT molecular complexity index is 707. The fraction of sp³-hybridized carbons (Fsp3) is 0.462. The van der Waals surface area contributed by atoms with E-state index in [1.165, 1.54) is 0 Å². The lowest BCUT2D eigenvalue weighted by Crippen LogP contribution is -2.37. The van der Waals surface area contributed by atoms with Gasteiger partial charge < -0.3 is 5.32 Å². The smallest absolute Gasteiger partial charge is 0.335 e. The standard InChI is InChI=1S/C13H14F3N5OS/c1-7(8-2-3-8)18-12(22)20-10-5-23-11(19-10)9-4-21(6-17-9)13(14,15)16/h4-8H,2-3H2,1H3,(H2,18,20,22)/t7-/m0/s1. The summed E-state index contributed by atoms with van der Waals surface area (Å²) < 4.78 is 37.6. The molecule has 2 N–H and O–H groups in total. The van der Waals surface area contributed by atoms with Gasteiger partial charge in [-0.1, -0.05) is 0 Å². The first-order valence-corrected chi connectivity index (χ1v) is 7.85. The molecule has 0 aliphatic heterocycles. The van der Waals surface area contributed by atoms with Crippen molar-refractivity contribution in [2.75, 3.05) is 5.32 Å². The van der Waals surface area contributed by atoms with Crippen molar-refractivity contribution in [1.82, 2.24) is 19.9 Å². The molecule has 0 radical (unpaired) electrons. The van der Waals surface area contributed by atoms with Crippen molar-refractivity contribution in [1.29, 1.82) is 0 Å². The molecule has 1 atom stereocenters. The van der Waals surface area contributed by atoms with E-state index in [0.29, 0.717) is 17.3 Å². The Balaban J connectivity index is 1.63. The van der Waals surface area contributed by atoms with E-state index in [2.05, 4.69) is 20.6 Å². The van der Waals surface area contributed by atoms with Gasteiger partial charge in [-0.3, -0.25) is 5.32 Å². The molecule has 0 bridgehead atoms. The molecule has 0 aromatic carbocycles. The van der Waals surface area contributed by atoms with Crippen molar-refractivity contribution in [2.24, 2.45) is 5.92 Å². The van der Waals surface area contributed by atoms with Crippen LogP contribution in [0.15, 0.2) is 17.9 Å². The van der Waals surface area contributed by atoms with Crippen LogP contribution in [0.4, 0.5) is 23.8 Å². The first kappa shape index (κ1) is 15.8. The number of nitrogens with one attached hydrogen (secondary N) is 2. The number of hydrogen-bond donors (Lipinski definition) is 2. The third-order valence-corrected chi connectivity index (χ3v) is 4.39. The van der Waals surface area contributed by atoms with Gasteiger partial charge in [0.1, 0.15) is 22.8 Å². The van der Waals surface area contributed by atoms with E-state index in [1.807, 2.05) is 6.92 Å². The predicted molar refractivity (Wildman–Crippen MR) is 79.0 cm³/mol. The number of amides is 2. The third kappa shape index (κ3) is 3.81. The zero-order valence-electron chi connectivity index (χ0n) is 12.1. The highest BCUT2D eigenvalue weighted by molar-refractivity contribution is 7.13. The summed E-state index contributed by atoms with van der Waals surface area (Å²) in [6.45, 7) is 1.94. The van der Waals surface area contributed by atoms with E-state index in [4.69, 9.17) is 0 Å². The van der Waals surface area contributed by atoms with Crippen molar-refractivity contribution < 1.29 is 18.0 Å². The Morgan fingerprint density at radius 3 is 2.83 bits per heavy atom. The predicted octanol–water partition coefficient (Wildman–Crippen LogP) is 3.40. The van der Waals surface area contributed by atoms with Gasteiger partial charge in [0, 0.05) is 17.6 Å². The van der Waals surface area contributed by atoms with Crippen LogP contribution in [-0.4, -0.2) is 26.6 Å². The highest BCUT2D eigenvalue weighted by Gasteiger charge is 2.31. The molecule has 124 valence electrons. The number of nitrogens with zero attached hydrogens (tertiary/aromatic N) is 3. The molecule has 1 aliphatic rings. The number of aromatic nitrogens is 3. The summed E-state index contributed by atoms with van der Waals surface area (Å²) in [5.41, 5.74) is 0.104. The first-order valence-electron chi connectivity index (χ1n) is 6.97. The minimum absolute atomic E-state index is 0.0564. The first-order chi connectivity index (χ1) is 10.8. The largest absolute Gasteiger partial charge is 0.489 e. The summed E-state index contributed by atoms with van der Waals surface area (Å²) in [7, 11) is 0. The van der Waals surface area contributed by atoms with E-state index >= 15 is 0 Å². The highest BCUT2D eigenvalue weighted by atomic mass is 32.1. The second-order valence-electron chi connectivity index (χ2n) is 5.40. The number of thiazole rings is 1. The van der Waals surface area contributed by atoms with Crippen LogP contribution >= 0.6 is 11.3 Å². The summed E-state index contributed by atoms with van der Waals surface area (Å²) in [5.74, 6) is 0.810. The van der Waals surface area contributed by atoms with Crippen LogP contribution in [0.2, 0.25) is 0 Å². The zero-order valence-corrected chi connectivity index (χ0v) is 12.9. The Kier molecular flexibility index (Phi) is 4.00. The van der Waals surface area contributed by atoms with E-state index in [9.17, 15) is 18.0 Å². The third-order valence-electron chi connectivity index (χ3n) is 3.53. The van der Waals surface area contributed by atoms with Crippen molar-refractivity contribution in [3.63, 3.8) is 0 Å². The van der Waals surface area contributed by atoms with Gasteiger partial charge in [0.2, 0.25) is 0 Å². The lowest BCUT2D eigenvalue weighted by Gasteiger charge is -2.12. The molecule has 3 rings (SSSR count). The van der Waals surface area contributed by atoms with Gasteiger partial charge in [0.05, 0.1) is 0 Å². The molecule has 6 nitrogen and oxygen atoms in total. The number of carbonyl (C=O) groups excluding carboxylic acids is 1. The summed E-state index contributed by atoms with van der Waals surface area (Å²) in [5, 5.41) is 7.25. The lowest BCUT2D eigenvalue weighted by atomic mass is 10.2. The van der Waals surface area contributed by atoms with Gasteiger partial charge in [0.15, 0.2) is 0 Å². The van der Waals surface area contributed by atoms with Crippen LogP contribution in [0.1, 0.15) is 19.8 Å². The van der Waals surface area contributed by atoms with Gasteiger partial charge in [-0.25, -0.2) is 19.3 Å². The molecule has 2 heterocycles. The fourth-order valence-corrected chi connectivity index (χ4v) is 2.81. The average molecular weight is 345 g/mol. The summed E-state index contributed by atoms with van der Waals surface area (Å²) in [4.78, 5) is 19.6. The monoisotopic (exact) mass is 345 g/mol. The number of hydrogen-bond acceptors (Lipinski definition) is 4. The molecule has 2 amide bonds. The van der Waals surface area contributed by atoms with Crippen molar-refractivity contribution in [3.8, 4) is 10.7 Å². The van der Waals surface area contributed by atoms with Gasteiger partial charge in [-0.2, -0.15) is 0 Å². The molecular weight excluding hydrogens is 331 g/mol. The fourth-order valence-electron chi connectivity index (χ4n) is 2.09. The van der Waals surface area contributed by atoms with Crippen molar-refractivity contribution in [2.45, 2.75) is 32.1 Å². The summed E-state index contributed by atoms with van der Waals surface area (Å²) in [6.07, 6.45) is -0.734. The zero-order chi connectivity index (χ0) is 16.6. The lowest BCUT2D eigenvalue weighted by molar-refractivity contribution is -0.204. The van der Waals surface area contributed by atoms with Crippen LogP contribution in [0.5, 0.6) is 0 Å². The number of rotatable bonds is 4. The van der Waals surface area contributed by atoms with Crippen LogP contribution in [0.3, 0.4) is 0 Å². The maximum atomic E-state index is 12.5. The summed E-state index contributed by atoms with van der Waals surface area (Å²) in [6, 6.07) is -0.280. The van der Waals surface area contributed by atoms with E-state index in [1.54, 1.807) is 5.38 Å². The second-order valence-corrected chi connectivity index (χ2v) is 6.25. The maximum absolute atomic E-state index is 12.5. The van der Waals surface area contributed by atoms with Crippen molar-refractivity contribution >= 4 is 23.2 Å². The number of halogens is 3. The topological polar surface area (TPSA) is 71.8 Å². The number of urea groups is 1. The van der Waals surface area contributed by atoms with Gasteiger partial charge in [-0.15, -0.1) is 24.5 Å². The Hall–Kier alpha value is -2.10. The Labute approximate surface area is 133 Å². The molecule has 0 saturated heterocycles. The molecule has 0 spiro atoms. The van der Waals surface area contributed by atoms with E-state index < -0.39 is 6.30 Å². The van der Waals surface area contributed by atoms with Crippen LogP contribution in [0.25, 0.3) is 10.7 Å².